The fourth-order valence-corrected chi connectivity index (χ4v) is 3.27. The fraction of sp³-hybridized carbons (Fsp3) is 0.667. The molecule has 1 aromatic rings. The van der Waals surface area contributed by atoms with E-state index in [1.54, 1.807) is 11.3 Å². The van der Waals surface area contributed by atoms with Crippen molar-refractivity contribution in [1.29, 1.82) is 0 Å². The third kappa shape index (κ3) is 4.89. The Morgan fingerprint density at radius 3 is 3.05 bits per heavy atom. The smallest absolute Gasteiger partial charge is 0.220 e. The van der Waals surface area contributed by atoms with Gasteiger partial charge in [0.1, 0.15) is 0 Å². The number of hydrogen-bond acceptors (Lipinski definition) is 4. The molecule has 1 atom stereocenters. The Hall–Kier alpha value is -0.910. The van der Waals surface area contributed by atoms with Crippen LogP contribution < -0.4 is 5.32 Å². The number of nitrogens with one attached hydrogen (secondary N) is 1. The van der Waals surface area contributed by atoms with Crippen molar-refractivity contribution in [2.75, 3.05) is 40.3 Å². The van der Waals surface area contributed by atoms with E-state index < -0.39 is 0 Å². The molecular weight excluding hydrogens is 270 g/mol. The van der Waals surface area contributed by atoms with E-state index in [9.17, 15) is 4.79 Å². The Kier molecular flexibility index (Phi) is 6.01. The van der Waals surface area contributed by atoms with Gasteiger partial charge in [-0.2, -0.15) is 0 Å². The zero-order valence-corrected chi connectivity index (χ0v) is 13.3. The number of carbonyl (C=O) groups is 1. The third-order valence-corrected chi connectivity index (χ3v) is 4.86. The molecule has 1 saturated heterocycles. The van der Waals surface area contributed by atoms with Gasteiger partial charge in [-0.15, -0.1) is 11.3 Å². The first-order chi connectivity index (χ1) is 9.65. The minimum Gasteiger partial charge on any atom is -0.354 e. The molecule has 1 aromatic heterocycles. The van der Waals surface area contributed by atoms with E-state index in [1.165, 1.54) is 4.88 Å². The minimum absolute atomic E-state index is 0.184. The summed E-state index contributed by atoms with van der Waals surface area (Å²) in [5.41, 5.74) is 0. The van der Waals surface area contributed by atoms with Crippen LogP contribution >= 0.6 is 11.3 Å². The number of likely N-dealkylation sites (N-methyl/N-ethyl adjacent to an activating group) is 2. The number of aryl methyl sites for hydroxylation is 1. The highest BCUT2D eigenvalue weighted by molar-refractivity contribution is 7.09. The molecule has 0 bridgehead atoms. The van der Waals surface area contributed by atoms with Crippen molar-refractivity contribution in [3.05, 3.63) is 22.4 Å². The van der Waals surface area contributed by atoms with Crippen LogP contribution in [0, 0.1) is 0 Å². The van der Waals surface area contributed by atoms with Crippen LogP contribution in [0.3, 0.4) is 0 Å². The second-order valence-electron chi connectivity index (χ2n) is 5.63. The van der Waals surface area contributed by atoms with Crippen LogP contribution in [0.4, 0.5) is 0 Å². The van der Waals surface area contributed by atoms with Gasteiger partial charge in [0.15, 0.2) is 0 Å². The zero-order valence-electron chi connectivity index (χ0n) is 12.5. The largest absolute Gasteiger partial charge is 0.354 e. The average Bonchev–Trinajstić information content (AvgIpc) is 2.93. The molecule has 0 saturated carbocycles. The van der Waals surface area contributed by atoms with E-state index in [2.05, 4.69) is 46.7 Å². The topological polar surface area (TPSA) is 35.6 Å². The molecule has 20 heavy (non-hydrogen) atoms. The van der Waals surface area contributed by atoms with Crippen molar-refractivity contribution in [2.24, 2.45) is 0 Å². The number of rotatable bonds is 6. The van der Waals surface area contributed by atoms with Crippen LogP contribution in [0.5, 0.6) is 0 Å². The maximum absolute atomic E-state index is 11.9. The molecule has 4 nitrogen and oxygen atoms in total. The molecule has 112 valence electrons. The van der Waals surface area contributed by atoms with Gasteiger partial charge in [0.25, 0.3) is 0 Å². The zero-order chi connectivity index (χ0) is 14.4. The van der Waals surface area contributed by atoms with Crippen molar-refractivity contribution >= 4 is 17.2 Å². The molecular formula is C15H25N3OS. The summed E-state index contributed by atoms with van der Waals surface area (Å²) in [5, 5.41) is 5.17. The fourth-order valence-electron chi connectivity index (χ4n) is 2.52. The number of amides is 1. The van der Waals surface area contributed by atoms with Crippen LogP contribution in [0.1, 0.15) is 17.7 Å². The van der Waals surface area contributed by atoms with Crippen molar-refractivity contribution in [3.8, 4) is 0 Å². The van der Waals surface area contributed by atoms with E-state index in [-0.39, 0.29) is 5.91 Å². The minimum atomic E-state index is 0.184. The summed E-state index contributed by atoms with van der Waals surface area (Å²) >= 11 is 1.77. The highest BCUT2D eigenvalue weighted by atomic mass is 32.1. The van der Waals surface area contributed by atoms with Crippen molar-refractivity contribution < 1.29 is 4.79 Å². The number of hydrogen-bond donors (Lipinski definition) is 1. The Bertz CT molecular complexity index is 407. The molecule has 1 fully saturated rings. The van der Waals surface area contributed by atoms with E-state index in [0.717, 1.165) is 39.0 Å². The maximum Gasteiger partial charge on any atom is 0.220 e. The van der Waals surface area contributed by atoms with Gasteiger partial charge in [-0.25, -0.2) is 0 Å². The van der Waals surface area contributed by atoms with Gasteiger partial charge in [0.05, 0.1) is 0 Å². The first-order valence-electron chi connectivity index (χ1n) is 7.33. The van der Waals surface area contributed by atoms with Crippen LogP contribution in [-0.2, 0) is 11.2 Å². The predicted octanol–water partition coefficient (Wildman–Crippen LogP) is 1.43. The number of piperazine rings is 1. The summed E-state index contributed by atoms with van der Waals surface area (Å²) in [4.78, 5) is 17.9. The SMILES string of the molecule is CN1CCN(C)C(CNC(=O)CCCc2cccs2)C1. The highest BCUT2D eigenvalue weighted by Gasteiger charge is 2.22. The predicted molar refractivity (Wildman–Crippen MR) is 84.2 cm³/mol. The number of nitrogens with zero attached hydrogens (tertiary/aromatic N) is 2. The monoisotopic (exact) mass is 295 g/mol. The Morgan fingerprint density at radius 2 is 2.30 bits per heavy atom. The molecule has 1 unspecified atom stereocenters. The quantitative estimate of drug-likeness (QED) is 0.862. The molecule has 1 aliphatic heterocycles. The normalized spacial score (nSPS) is 21.0. The lowest BCUT2D eigenvalue weighted by atomic mass is 10.1. The van der Waals surface area contributed by atoms with Gasteiger partial charge >= 0.3 is 0 Å². The Morgan fingerprint density at radius 1 is 1.45 bits per heavy atom. The lowest BCUT2D eigenvalue weighted by Gasteiger charge is -2.37. The van der Waals surface area contributed by atoms with Crippen LogP contribution in [0.15, 0.2) is 17.5 Å². The Labute approximate surface area is 125 Å². The molecule has 1 aliphatic rings. The number of carbonyl (C=O) groups excluding carboxylic acids is 1. The average molecular weight is 295 g/mol. The second-order valence-corrected chi connectivity index (χ2v) is 6.67. The molecule has 0 spiro atoms. The van der Waals surface area contributed by atoms with Crippen LogP contribution in [-0.4, -0.2) is 62.0 Å². The van der Waals surface area contributed by atoms with E-state index in [0.29, 0.717) is 12.5 Å². The molecule has 2 heterocycles. The van der Waals surface area contributed by atoms with Crippen LogP contribution in [0.2, 0.25) is 0 Å². The first-order valence-corrected chi connectivity index (χ1v) is 8.21. The molecule has 0 radical (unpaired) electrons. The third-order valence-electron chi connectivity index (χ3n) is 3.92. The molecule has 1 N–H and O–H groups in total. The van der Waals surface area contributed by atoms with Crippen molar-refractivity contribution in [1.82, 2.24) is 15.1 Å². The van der Waals surface area contributed by atoms with E-state index >= 15 is 0 Å². The van der Waals surface area contributed by atoms with Gasteiger partial charge in [-0.05, 0) is 38.4 Å². The first kappa shape index (κ1) is 15.5. The highest BCUT2D eigenvalue weighted by Crippen LogP contribution is 2.12. The summed E-state index contributed by atoms with van der Waals surface area (Å²) in [6.07, 6.45) is 2.58. The van der Waals surface area contributed by atoms with Crippen molar-refractivity contribution in [2.45, 2.75) is 25.3 Å². The Balaban J connectivity index is 1.62. The molecule has 2 rings (SSSR count). The molecule has 0 aliphatic carbocycles. The maximum atomic E-state index is 11.9. The van der Waals surface area contributed by atoms with E-state index in [1.807, 2.05) is 0 Å². The van der Waals surface area contributed by atoms with Gasteiger partial charge in [-0.1, -0.05) is 6.07 Å². The molecule has 1 amide bonds. The standard InChI is InChI=1S/C15H25N3OS/c1-17-8-9-18(2)13(12-17)11-16-15(19)7-3-5-14-6-4-10-20-14/h4,6,10,13H,3,5,7-9,11-12H2,1-2H3,(H,16,19). The molecule has 0 aromatic carbocycles. The van der Waals surface area contributed by atoms with E-state index in [4.69, 9.17) is 0 Å². The second kappa shape index (κ2) is 7.76. The summed E-state index contributed by atoms with van der Waals surface area (Å²) in [6, 6.07) is 4.64. The van der Waals surface area contributed by atoms with Crippen molar-refractivity contribution in [3.63, 3.8) is 0 Å². The lowest BCUT2D eigenvalue weighted by Crippen LogP contribution is -2.54. The van der Waals surface area contributed by atoms with Crippen LogP contribution in [0.25, 0.3) is 0 Å². The summed E-state index contributed by atoms with van der Waals surface area (Å²) in [5.74, 6) is 0.184. The summed E-state index contributed by atoms with van der Waals surface area (Å²) < 4.78 is 0. The van der Waals surface area contributed by atoms with Gasteiger partial charge in [-0.3, -0.25) is 9.69 Å². The lowest BCUT2D eigenvalue weighted by molar-refractivity contribution is -0.121. The van der Waals surface area contributed by atoms with Gasteiger partial charge in [0.2, 0.25) is 5.91 Å². The van der Waals surface area contributed by atoms with Gasteiger partial charge < -0.3 is 10.2 Å². The summed E-state index contributed by atoms with van der Waals surface area (Å²) in [6.45, 7) is 3.99. The molecule has 5 heteroatoms. The summed E-state index contributed by atoms with van der Waals surface area (Å²) in [7, 11) is 4.28. The number of thiophene rings is 1. The van der Waals surface area contributed by atoms with Gasteiger partial charge in [0, 0.05) is 43.5 Å².